The molecule has 122 valence electrons. The van der Waals surface area contributed by atoms with Crippen molar-refractivity contribution >= 4 is 5.91 Å². The molecule has 1 aliphatic heterocycles. The zero-order valence-corrected chi connectivity index (χ0v) is 13.7. The molecule has 0 radical (unpaired) electrons. The first-order valence-electron chi connectivity index (χ1n) is 7.93. The summed E-state index contributed by atoms with van der Waals surface area (Å²) in [6.45, 7) is 8.26. The SMILES string of the molecule is CC(C)C(=O)NC[C@@H](c1ccc(F)cc1)N1CCN(C)CC1. The number of amides is 1. The van der Waals surface area contributed by atoms with Crippen molar-refractivity contribution in [3.8, 4) is 0 Å². The summed E-state index contributed by atoms with van der Waals surface area (Å²) < 4.78 is 13.2. The second kappa shape index (κ2) is 7.70. The van der Waals surface area contributed by atoms with E-state index in [1.165, 1.54) is 12.1 Å². The molecule has 5 heteroatoms. The van der Waals surface area contributed by atoms with E-state index in [1.54, 1.807) is 0 Å². The van der Waals surface area contributed by atoms with Crippen molar-refractivity contribution in [1.82, 2.24) is 15.1 Å². The summed E-state index contributed by atoms with van der Waals surface area (Å²) in [5.41, 5.74) is 1.05. The van der Waals surface area contributed by atoms with Crippen LogP contribution < -0.4 is 5.32 Å². The van der Waals surface area contributed by atoms with E-state index >= 15 is 0 Å². The van der Waals surface area contributed by atoms with Crippen LogP contribution in [-0.2, 0) is 4.79 Å². The molecular formula is C17H26FN3O. The topological polar surface area (TPSA) is 35.6 Å². The molecule has 1 N–H and O–H groups in total. The van der Waals surface area contributed by atoms with Gasteiger partial charge in [-0.05, 0) is 24.7 Å². The van der Waals surface area contributed by atoms with E-state index in [1.807, 2.05) is 26.0 Å². The zero-order valence-electron chi connectivity index (χ0n) is 13.7. The molecule has 22 heavy (non-hydrogen) atoms. The largest absolute Gasteiger partial charge is 0.354 e. The van der Waals surface area contributed by atoms with Crippen molar-refractivity contribution in [3.05, 3.63) is 35.6 Å². The standard InChI is InChI=1S/C17H26FN3O/c1-13(2)17(22)19-12-16(14-4-6-15(18)7-5-14)21-10-8-20(3)9-11-21/h4-7,13,16H,8-12H2,1-3H3,(H,19,22)/t16-/m0/s1. The highest BCUT2D eigenvalue weighted by Crippen LogP contribution is 2.22. The van der Waals surface area contributed by atoms with Gasteiger partial charge in [0.15, 0.2) is 0 Å². The van der Waals surface area contributed by atoms with Crippen LogP contribution in [0.1, 0.15) is 25.5 Å². The molecule has 0 unspecified atom stereocenters. The summed E-state index contributed by atoms with van der Waals surface area (Å²) in [7, 11) is 2.12. The third kappa shape index (κ3) is 4.52. The highest BCUT2D eigenvalue weighted by Gasteiger charge is 2.24. The van der Waals surface area contributed by atoms with Gasteiger partial charge in [-0.1, -0.05) is 26.0 Å². The number of nitrogens with zero attached hydrogens (tertiary/aromatic N) is 2. The van der Waals surface area contributed by atoms with Crippen molar-refractivity contribution in [3.63, 3.8) is 0 Å². The van der Waals surface area contributed by atoms with Gasteiger partial charge in [0.1, 0.15) is 5.82 Å². The van der Waals surface area contributed by atoms with E-state index in [9.17, 15) is 9.18 Å². The highest BCUT2D eigenvalue weighted by atomic mass is 19.1. The average molecular weight is 307 g/mol. The molecule has 1 amide bonds. The first-order valence-corrected chi connectivity index (χ1v) is 7.93. The summed E-state index contributed by atoms with van der Waals surface area (Å²) in [4.78, 5) is 16.5. The number of hydrogen-bond donors (Lipinski definition) is 1. The van der Waals surface area contributed by atoms with Crippen LogP contribution in [0.4, 0.5) is 4.39 Å². The Balaban J connectivity index is 2.09. The molecule has 4 nitrogen and oxygen atoms in total. The first-order chi connectivity index (χ1) is 10.5. The highest BCUT2D eigenvalue weighted by molar-refractivity contribution is 5.77. The molecule has 0 bridgehead atoms. The number of halogens is 1. The fourth-order valence-electron chi connectivity index (χ4n) is 2.68. The van der Waals surface area contributed by atoms with Crippen LogP contribution in [0.15, 0.2) is 24.3 Å². The second-order valence-corrected chi connectivity index (χ2v) is 6.31. The Bertz CT molecular complexity index is 481. The van der Waals surface area contributed by atoms with Crippen molar-refractivity contribution in [2.24, 2.45) is 5.92 Å². The summed E-state index contributed by atoms with van der Waals surface area (Å²) in [6, 6.07) is 6.71. The Hall–Kier alpha value is -1.46. The Morgan fingerprint density at radius 2 is 1.77 bits per heavy atom. The van der Waals surface area contributed by atoms with Gasteiger partial charge in [0.25, 0.3) is 0 Å². The van der Waals surface area contributed by atoms with Crippen molar-refractivity contribution < 1.29 is 9.18 Å². The molecule has 1 aromatic carbocycles. The molecule has 1 saturated heterocycles. The summed E-state index contributed by atoms with van der Waals surface area (Å²) in [5, 5.41) is 3.02. The van der Waals surface area contributed by atoms with Gasteiger partial charge >= 0.3 is 0 Å². The van der Waals surface area contributed by atoms with Crippen LogP contribution in [-0.4, -0.2) is 55.5 Å². The molecule has 0 aromatic heterocycles. The second-order valence-electron chi connectivity index (χ2n) is 6.31. The monoisotopic (exact) mass is 307 g/mol. The lowest BCUT2D eigenvalue weighted by atomic mass is 10.0. The maximum atomic E-state index is 13.2. The zero-order chi connectivity index (χ0) is 16.1. The maximum Gasteiger partial charge on any atom is 0.222 e. The predicted octanol–water partition coefficient (Wildman–Crippen LogP) is 1.89. The minimum Gasteiger partial charge on any atom is -0.354 e. The van der Waals surface area contributed by atoms with Crippen LogP contribution in [0.25, 0.3) is 0 Å². The smallest absolute Gasteiger partial charge is 0.222 e. The summed E-state index contributed by atoms with van der Waals surface area (Å²) >= 11 is 0. The Kier molecular flexibility index (Phi) is 5.91. The van der Waals surface area contributed by atoms with Gasteiger partial charge in [-0.25, -0.2) is 4.39 Å². The number of likely N-dealkylation sites (N-methyl/N-ethyl adjacent to an activating group) is 1. The number of carbonyl (C=O) groups excluding carboxylic acids is 1. The quantitative estimate of drug-likeness (QED) is 0.902. The number of rotatable bonds is 5. The lowest BCUT2D eigenvalue weighted by molar-refractivity contribution is -0.124. The minimum absolute atomic E-state index is 0.0265. The minimum atomic E-state index is -0.230. The van der Waals surface area contributed by atoms with Gasteiger partial charge < -0.3 is 10.2 Å². The molecule has 1 atom stereocenters. The number of carbonyl (C=O) groups is 1. The molecule has 1 aromatic rings. The Morgan fingerprint density at radius 3 is 2.32 bits per heavy atom. The van der Waals surface area contributed by atoms with E-state index in [0.29, 0.717) is 6.54 Å². The van der Waals surface area contributed by atoms with Gasteiger partial charge in [-0.2, -0.15) is 0 Å². The number of piperazine rings is 1. The van der Waals surface area contributed by atoms with Gasteiger partial charge in [0, 0.05) is 38.6 Å². The molecule has 0 spiro atoms. The lowest BCUT2D eigenvalue weighted by Crippen LogP contribution is -2.48. The summed E-state index contributed by atoms with van der Waals surface area (Å²) in [5.74, 6) is -0.199. The van der Waals surface area contributed by atoms with E-state index < -0.39 is 0 Å². The molecular weight excluding hydrogens is 281 g/mol. The number of nitrogens with one attached hydrogen (secondary N) is 1. The van der Waals surface area contributed by atoms with E-state index in [0.717, 1.165) is 31.7 Å². The van der Waals surface area contributed by atoms with E-state index in [2.05, 4.69) is 22.2 Å². The molecule has 1 aliphatic rings. The molecule has 0 aliphatic carbocycles. The predicted molar refractivity (Wildman–Crippen MR) is 86.1 cm³/mol. The number of hydrogen-bond acceptors (Lipinski definition) is 3. The van der Waals surface area contributed by atoms with Crippen LogP contribution in [0.5, 0.6) is 0 Å². The van der Waals surface area contributed by atoms with Crippen LogP contribution in [0.2, 0.25) is 0 Å². The first kappa shape index (κ1) is 16.9. The van der Waals surface area contributed by atoms with Gasteiger partial charge in [-0.15, -0.1) is 0 Å². The van der Waals surface area contributed by atoms with Crippen LogP contribution in [0, 0.1) is 11.7 Å². The van der Waals surface area contributed by atoms with Crippen molar-refractivity contribution in [1.29, 1.82) is 0 Å². The third-order valence-electron chi connectivity index (χ3n) is 4.23. The fraction of sp³-hybridized carbons (Fsp3) is 0.588. The Labute approximate surface area is 132 Å². The molecule has 1 fully saturated rings. The van der Waals surface area contributed by atoms with Gasteiger partial charge in [0.05, 0.1) is 6.04 Å². The molecule has 0 saturated carbocycles. The fourth-order valence-corrected chi connectivity index (χ4v) is 2.68. The van der Waals surface area contributed by atoms with E-state index in [-0.39, 0.29) is 23.7 Å². The lowest BCUT2D eigenvalue weighted by Gasteiger charge is -2.38. The average Bonchev–Trinajstić information content (AvgIpc) is 2.50. The normalized spacial score (nSPS) is 18.4. The third-order valence-corrected chi connectivity index (χ3v) is 4.23. The van der Waals surface area contributed by atoms with Gasteiger partial charge in [0.2, 0.25) is 5.91 Å². The van der Waals surface area contributed by atoms with E-state index in [4.69, 9.17) is 0 Å². The van der Waals surface area contributed by atoms with Crippen molar-refractivity contribution in [2.75, 3.05) is 39.8 Å². The molecule has 1 heterocycles. The number of benzene rings is 1. The van der Waals surface area contributed by atoms with Gasteiger partial charge in [-0.3, -0.25) is 9.69 Å². The summed E-state index contributed by atoms with van der Waals surface area (Å²) in [6.07, 6.45) is 0. The Morgan fingerprint density at radius 1 is 1.18 bits per heavy atom. The van der Waals surface area contributed by atoms with Crippen LogP contribution in [0.3, 0.4) is 0 Å². The van der Waals surface area contributed by atoms with Crippen LogP contribution >= 0.6 is 0 Å². The van der Waals surface area contributed by atoms with Crippen molar-refractivity contribution in [2.45, 2.75) is 19.9 Å². The molecule has 2 rings (SSSR count). The maximum absolute atomic E-state index is 13.2.